The molecule has 0 fully saturated rings. The van der Waals surface area contributed by atoms with Crippen molar-refractivity contribution >= 4 is 16.9 Å². The quantitative estimate of drug-likeness (QED) is 0.802. The standard InChI is InChI=1S/C16H14N2O3/c1-18-13-4-3-5-15(21-2)11(13)9-14(18)12-8-10(16(19)20)6-7-17-12/h3-9H,1-2H3,(H,19,20). The Morgan fingerprint density at radius 2 is 2.10 bits per heavy atom. The highest BCUT2D eigenvalue weighted by Gasteiger charge is 2.13. The Kier molecular flexibility index (Phi) is 3.10. The van der Waals surface area contributed by atoms with Gasteiger partial charge in [0.05, 0.1) is 29.6 Å². The van der Waals surface area contributed by atoms with Gasteiger partial charge in [0, 0.05) is 18.6 Å². The Morgan fingerprint density at radius 3 is 2.81 bits per heavy atom. The molecule has 5 heteroatoms. The van der Waals surface area contributed by atoms with E-state index in [-0.39, 0.29) is 5.56 Å². The van der Waals surface area contributed by atoms with Crippen LogP contribution >= 0.6 is 0 Å². The first-order valence-corrected chi connectivity index (χ1v) is 6.44. The van der Waals surface area contributed by atoms with Crippen molar-refractivity contribution in [2.75, 3.05) is 7.11 Å². The average Bonchev–Trinajstić information content (AvgIpc) is 2.85. The van der Waals surface area contributed by atoms with E-state index < -0.39 is 5.97 Å². The number of aromatic nitrogens is 2. The van der Waals surface area contributed by atoms with Crippen LogP contribution in [-0.2, 0) is 7.05 Å². The number of aryl methyl sites for hydroxylation is 1. The van der Waals surface area contributed by atoms with Crippen molar-refractivity contribution in [1.82, 2.24) is 9.55 Å². The van der Waals surface area contributed by atoms with E-state index in [1.54, 1.807) is 13.2 Å². The average molecular weight is 282 g/mol. The summed E-state index contributed by atoms with van der Waals surface area (Å²) in [7, 11) is 3.55. The molecule has 0 saturated carbocycles. The molecule has 0 aliphatic heterocycles. The summed E-state index contributed by atoms with van der Waals surface area (Å²) in [6, 6.07) is 10.8. The van der Waals surface area contributed by atoms with E-state index in [2.05, 4.69) is 4.98 Å². The highest BCUT2D eigenvalue weighted by molar-refractivity contribution is 5.93. The predicted octanol–water partition coefficient (Wildman–Crippen LogP) is 2.95. The third-order valence-electron chi connectivity index (χ3n) is 3.54. The molecular formula is C16H14N2O3. The summed E-state index contributed by atoms with van der Waals surface area (Å²) in [6.45, 7) is 0. The molecule has 5 nitrogen and oxygen atoms in total. The van der Waals surface area contributed by atoms with Gasteiger partial charge in [0.15, 0.2) is 0 Å². The SMILES string of the molecule is COc1cccc2c1cc(-c1cc(C(=O)O)ccn1)n2C. The van der Waals surface area contributed by atoms with Crippen LogP contribution in [0.2, 0.25) is 0 Å². The van der Waals surface area contributed by atoms with E-state index in [0.717, 1.165) is 22.3 Å². The fourth-order valence-electron chi connectivity index (χ4n) is 2.46. The van der Waals surface area contributed by atoms with Gasteiger partial charge in [-0.3, -0.25) is 4.98 Å². The minimum atomic E-state index is -0.963. The lowest BCUT2D eigenvalue weighted by atomic mass is 10.2. The second-order valence-corrected chi connectivity index (χ2v) is 4.72. The lowest BCUT2D eigenvalue weighted by Crippen LogP contribution is -1.99. The number of fused-ring (bicyclic) bond motifs is 1. The number of carboxylic acid groups (broad SMARTS) is 1. The maximum atomic E-state index is 11.1. The van der Waals surface area contributed by atoms with Crippen LogP contribution < -0.4 is 4.74 Å². The zero-order chi connectivity index (χ0) is 15.0. The molecule has 21 heavy (non-hydrogen) atoms. The fourth-order valence-corrected chi connectivity index (χ4v) is 2.46. The van der Waals surface area contributed by atoms with Crippen LogP contribution in [-0.4, -0.2) is 27.7 Å². The van der Waals surface area contributed by atoms with Gasteiger partial charge < -0.3 is 14.4 Å². The molecule has 3 aromatic rings. The minimum Gasteiger partial charge on any atom is -0.496 e. The van der Waals surface area contributed by atoms with Gasteiger partial charge in [-0.05, 0) is 30.3 Å². The largest absolute Gasteiger partial charge is 0.496 e. The third-order valence-corrected chi connectivity index (χ3v) is 3.54. The second kappa shape index (κ2) is 4.94. The number of ether oxygens (including phenoxy) is 1. The van der Waals surface area contributed by atoms with E-state index in [1.807, 2.05) is 35.9 Å². The first-order valence-electron chi connectivity index (χ1n) is 6.44. The molecule has 0 atom stereocenters. The summed E-state index contributed by atoms with van der Waals surface area (Å²) in [4.78, 5) is 15.4. The Balaban J connectivity index is 2.23. The summed E-state index contributed by atoms with van der Waals surface area (Å²) < 4.78 is 7.34. The number of benzene rings is 1. The summed E-state index contributed by atoms with van der Waals surface area (Å²) in [5.41, 5.74) is 2.69. The molecule has 0 aliphatic rings. The van der Waals surface area contributed by atoms with Gasteiger partial charge in [0.2, 0.25) is 0 Å². The number of rotatable bonds is 3. The molecule has 0 amide bonds. The van der Waals surface area contributed by atoms with Crippen LogP contribution in [0.5, 0.6) is 5.75 Å². The zero-order valence-corrected chi connectivity index (χ0v) is 11.7. The maximum Gasteiger partial charge on any atom is 0.335 e. The number of methoxy groups -OCH3 is 1. The van der Waals surface area contributed by atoms with E-state index in [4.69, 9.17) is 9.84 Å². The van der Waals surface area contributed by atoms with Gasteiger partial charge >= 0.3 is 5.97 Å². The highest BCUT2D eigenvalue weighted by Crippen LogP contribution is 2.32. The van der Waals surface area contributed by atoms with Crippen LogP contribution in [0.25, 0.3) is 22.3 Å². The molecular weight excluding hydrogens is 268 g/mol. The summed E-state index contributed by atoms with van der Waals surface area (Å²) in [5, 5.41) is 10.1. The highest BCUT2D eigenvalue weighted by atomic mass is 16.5. The van der Waals surface area contributed by atoms with Crippen molar-refractivity contribution in [1.29, 1.82) is 0 Å². The fraction of sp³-hybridized carbons (Fsp3) is 0.125. The molecule has 0 aliphatic carbocycles. The Labute approximate surface area is 121 Å². The maximum absolute atomic E-state index is 11.1. The molecule has 0 bridgehead atoms. The number of hydrogen-bond donors (Lipinski definition) is 1. The van der Waals surface area contributed by atoms with Crippen molar-refractivity contribution in [2.24, 2.45) is 7.05 Å². The molecule has 2 aromatic heterocycles. The van der Waals surface area contributed by atoms with Gasteiger partial charge in [-0.2, -0.15) is 0 Å². The van der Waals surface area contributed by atoms with Crippen molar-refractivity contribution in [3.8, 4) is 17.1 Å². The van der Waals surface area contributed by atoms with Crippen LogP contribution in [0.3, 0.4) is 0 Å². The zero-order valence-electron chi connectivity index (χ0n) is 11.7. The van der Waals surface area contributed by atoms with Gasteiger partial charge in [-0.25, -0.2) is 4.79 Å². The van der Waals surface area contributed by atoms with Gasteiger partial charge in [-0.1, -0.05) is 6.07 Å². The summed E-state index contributed by atoms with van der Waals surface area (Å²) >= 11 is 0. The van der Waals surface area contributed by atoms with Crippen LogP contribution in [0.1, 0.15) is 10.4 Å². The van der Waals surface area contributed by atoms with E-state index in [0.29, 0.717) is 5.69 Å². The van der Waals surface area contributed by atoms with Crippen molar-refractivity contribution < 1.29 is 14.6 Å². The Hall–Kier alpha value is -2.82. The number of pyridine rings is 1. The number of carboxylic acids is 1. The summed E-state index contributed by atoms with van der Waals surface area (Å²) in [6.07, 6.45) is 1.51. The number of nitrogens with zero attached hydrogens (tertiary/aromatic N) is 2. The first kappa shape index (κ1) is 13.2. The van der Waals surface area contributed by atoms with E-state index in [1.165, 1.54) is 12.3 Å². The Morgan fingerprint density at radius 1 is 1.29 bits per heavy atom. The summed E-state index contributed by atoms with van der Waals surface area (Å²) in [5.74, 6) is -0.182. The lowest BCUT2D eigenvalue weighted by molar-refractivity contribution is 0.0697. The van der Waals surface area contributed by atoms with Crippen molar-refractivity contribution in [2.45, 2.75) is 0 Å². The third kappa shape index (κ3) is 2.12. The van der Waals surface area contributed by atoms with Gasteiger partial charge in [0.25, 0.3) is 0 Å². The van der Waals surface area contributed by atoms with Crippen molar-refractivity contribution in [3.05, 3.63) is 48.2 Å². The van der Waals surface area contributed by atoms with Crippen LogP contribution in [0, 0.1) is 0 Å². The number of aromatic carboxylic acids is 1. The number of carbonyl (C=O) groups is 1. The second-order valence-electron chi connectivity index (χ2n) is 4.72. The normalized spacial score (nSPS) is 10.8. The predicted molar refractivity (Wildman–Crippen MR) is 79.7 cm³/mol. The topological polar surface area (TPSA) is 64.3 Å². The number of hydrogen-bond acceptors (Lipinski definition) is 3. The van der Waals surface area contributed by atoms with E-state index >= 15 is 0 Å². The smallest absolute Gasteiger partial charge is 0.335 e. The van der Waals surface area contributed by atoms with Gasteiger partial charge in [-0.15, -0.1) is 0 Å². The first-order chi connectivity index (χ1) is 10.1. The molecule has 1 N–H and O–H groups in total. The molecule has 2 heterocycles. The lowest BCUT2D eigenvalue weighted by Gasteiger charge is -2.05. The molecule has 0 unspecified atom stereocenters. The van der Waals surface area contributed by atoms with Gasteiger partial charge in [0.1, 0.15) is 5.75 Å². The molecule has 106 valence electrons. The Bertz CT molecular complexity index is 837. The van der Waals surface area contributed by atoms with Crippen molar-refractivity contribution in [3.63, 3.8) is 0 Å². The molecule has 0 spiro atoms. The molecule has 0 saturated heterocycles. The molecule has 0 radical (unpaired) electrons. The molecule has 3 rings (SSSR count). The monoisotopic (exact) mass is 282 g/mol. The van der Waals surface area contributed by atoms with Crippen LogP contribution in [0.4, 0.5) is 0 Å². The minimum absolute atomic E-state index is 0.220. The molecule has 1 aromatic carbocycles. The van der Waals surface area contributed by atoms with E-state index in [9.17, 15) is 4.79 Å². The van der Waals surface area contributed by atoms with Crippen LogP contribution in [0.15, 0.2) is 42.6 Å².